The highest BCUT2D eigenvalue weighted by Crippen LogP contribution is 2.20. The maximum absolute atomic E-state index is 12.3. The Kier molecular flexibility index (Phi) is 5.51. The third kappa shape index (κ3) is 4.42. The van der Waals surface area contributed by atoms with Crippen LogP contribution in [-0.4, -0.2) is 22.1 Å². The Hall–Kier alpha value is -2.63. The van der Waals surface area contributed by atoms with Crippen molar-refractivity contribution in [1.29, 1.82) is 0 Å². The number of amides is 1. The highest BCUT2D eigenvalue weighted by Gasteiger charge is 2.22. The van der Waals surface area contributed by atoms with Crippen molar-refractivity contribution in [2.24, 2.45) is 0 Å². The Balaban J connectivity index is 2.14. The number of hydrogen-bond acceptors (Lipinski definition) is 4. The summed E-state index contributed by atoms with van der Waals surface area (Å²) in [6.45, 7) is 4.02. The van der Waals surface area contributed by atoms with Crippen LogP contribution in [0.15, 0.2) is 40.9 Å². The van der Waals surface area contributed by atoms with Crippen molar-refractivity contribution in [2.75, 3.05) is 0 Å². The van der Waals surface area contributed by atoms with Gasteiger partial charge in [0.1, 0.15) is 0 Å². The van der Waals surface area contributed by atoms with E-state index in [1.54, 1.807) is 30.3 Å². The smallest absolute Gasteiger partial charge is 0.305 e. The number of aliphatic carboxylic acids is 1. The van der Waals surface area contributed by atoms with Crippen molar-refractivity contribution in [2.45, 2.75) is 38.6 Å². The Bertz CT molecular complexity index is 666. The molecule has 0 spiro atoms. The summed E-state index contributed by atoms with van der Waals surface area (Å²) in [5, 5.41) is 15.6. The minimum absolute atomic E-state index is 0.0895. The van der Waals surface area contributed by atoms with Gasteiger partial charge < -0.3 is 14.9 Å². The highest BCUT2D eigenvalue weighted by molar-refractivity contribution is 5.92. The fourth-order valence-corrected chi connectivity index (χ4v) is 2.18. The molecule has 1 aromatic carbocycles. The van der Waals surface area contributed by atoms with E-state index in [4.69, 9.17) is 9.63 Å². The molecule has 2 atom stereocenters. The van der Waals surface area contributed by atoms with Crippen molar-refractivity contribution >= 4 is 11.9 Å². The van der Waals surface area contributed by atoms with E-state index in [1.807, 2.05) is 19.9 Å². The molecule has 6 heteroatoms. The molecular formula is C17H20N2O4. The van der Waals surface area contributed by atoms with Crippen molar-refractivity contribution in [3.63, 3.8) is 0 Å². The van der Waals surface area contributed by atoms with Crippen LogP contribution in [0.5, 0.6) is 0 Å². The number of rotatable bonds is 7. The van der Waals surface area contributed by atoms with Crippen LogP contribution in [0, 0.1) is 0 Å². The summed E-state index contributed by atoms with van der Waals surface area (Å²) < 4.78 is 5.08. The van der Waals surface area contributed by atoms with E-state index < -0.39 is 17.9 Å². The average molecular weight is 316 g/mol. The second-order valence-corrected chi connectivity index (χ2v) is 5.46. The monoisotopic (exact) mass is 316 g/mol. The number of carbonyl (C=O) groups excluding carboxylic acids is 1. The molecular weight excluding hydrogens is 296 g/mol. The summed E-state index contributed by atoms with van der Waals surface area (Å²) >= 11 is 0. The number of carboxylic acids is 1. The van der Waals surface area contributed by atoms with Gasteiger partial charge in [-0.1, -0.05) is 49.3 Å². The van der Waals surface area contributed by atoms with Gasteiger partial charge in [-0.15, -0.1) is 0 Å². The maximum atomic E-state index is 12.3. The van der Waals surface area contributed by atoms with Crippen LogP contribution in [-0.2, 0) is 4.79 Å². The first-order valence-electron chi connectivity index (χ1n) is 7.55. The molecule has 0 unspecified atom stereocenters. The van der Waals surface area contributed by atoms with E-state index in [2.05, 4.69) is 10.5 Å². The van der Waals surface area contributed by atoms with Gasteiger partial charge in [-0.3, -0.25) is 9.59 Å². The Morgan fingerprint density at radius 1 is 1.30 bits per heavy atom. The van der Waals surface area contributed by atoms with Gasteiger partial charge in [0, 0.05) is 12.0 Å². The van der Waals surface area contributed by atoms with Gasteiger partial charge in [0.2, 0.25) is 5.76 Å². The summed E-state index contributed by atoms with van der Waals surface area (Å²) in [4.78, 5) is 23.3. The van der Waals surface area contributed by atoms with Crippen molar-refractivity contribution in [3.05, 3.63) is 53.4 Å². The summed E-state index contributed by atoms with van der Waals surface area (Å²) in [6.07, 6.45) is 0.682. The Morgan fingerprint density at radius 2 is 2.00 bits per heavy atom. The third-order valence-corrected chi connectivity index (χ3v) is 3.76. The standard InChI is InChI=1S/C17H20N2O4/c1-3-11(2)13-9-15(23-19-13)17(22)18-14(10-16(20)21)12-7-5-4-6-8-12/h4-9,11,14H,3,10H2,1-2H3,(H,18,22)(H,20,21)/t11-,14+/m0/s1. The average Bonchev–Trinajstić information content (AvgIpc) is 3.04. The largest absolute Gasteiger partial charge is 0.481 e. The molecule has 0 fully saturated rings. The molecule has 2 rings (SSSR count). The van der Waals surface area contributed by atoms with Gasteiger partial charge in [0.25, 0.3) is 5.91 Å². The molecule has 6 nitrogen and oxygen atoms in total. The van der Waals surface area contributed by atoms with Gasteiger partial charge in [-0.25, -0.2) is 0 Å². The third-order valence-electron chi connectivity index (χ3n) is 3.76. The van der Waals surface area contributed by atoms with Crippen LogP contribution in [0.25, 0.3) is 0 Å². The molecule has 0 aliphatic rings. The van der Waals surface area contributed by atoms with Crippen molar-refractivity contribution < 1.29 is 19.2 Å². The SMILES string of the molecule is CC[C@H](C)c1cc(C(=O)N[C@H](CC(=O)O)c2ccccc2)on1. The van der Waals surface area contributed by atoms with Gasteiger partial charge in [0.15, 0.2) is 0 Å². The van der Waals surface area contributed by atoms with E-state index in [0.717, 1.165) is 12.0 Å². The van der Waals surface area contributed by atoms with E-state index in [9.17, 15) is 9.59 Å². The molecule has 122 valence electrons. The predicted octanol–water partition coefficient (Wildman–Crippen LogP) is 3.13. The van der Waals surface area contributed by atoms with Gasteiger partial charge in [-0.05, 0) is 12.0 Å². The molecule has 0 aliphatic carbocycles. The number of carbonyl (C=O) groups is 2. The number of carboxylic acid groups (broad SMARTS) is 1. The van der Waals surface area contributed by atoms with E-state index in [-0.39, 0.29) is 18.1 Å². The van der Waals surface area contributed by atoms with Crippen LogP contribution in [0.3, 0.4) is 0 Å². The van der Waals surface area contributed by atoms with Crippen molar-refractivity contribution in [3.8, 4) is 0 Å². The van der Waals surface area contributed by atoms with Gasteiger partial charge in [0.05, 0.1) is 18.2 Å². The van der Waals surface area contributed by atoms with Crippen LogP contribution < -0.4 is 5.32 Å². The molecule has 0 aliphatic heterocycles. The minimum atomic E-state index is -0.989. The normalized spacial score (nSPS) is 13.3. The second-order valence-electron chi connectivity index (χ2n) is 5.46. The number of hydrogen-bond donors (Lipinski definition) is 2. The molecule has 0 saturated heterocycles. The van der Waals surface area contributed by atoms with Gasteiger partial charge >= 0.3 is 5.97 Å². The van der Waals surface area contributed by atoms with Crippen molar-refractivity contribution in [1.82, 2.24) is 10.5 Å². The van der Waals surface area contributed by atoms with Crippen LogP contribution in [0.1, 0.15) is 60.5 Å². The first-order valence-corrected chi connectivity index (χ1v) is 7.55. The number of nitrogens with one attached hydrogen (secondary N) is 1. The first kappa shape index (κ1) is 16.7. The van der Waals surface area contributed by atoms with Crippen LogP contribution in [0.4, 0.5) is 0 Å². The number of aromatic nitrogens is 1. The van der Waals surface area contributed by atoms with Crippen LogP contribution in [0.2, 0.25) is 0 Å². The predicted molar refractivity (Wildman–Crippen MR) is 84.1 cm³/mol. The maximum Gasteiger partial charge on any atom is 0.305 e. The highest BCUT2D eigenvalue weighted by atomic mass is 16.5. The lowest BCUT2D eigenvalue weighted by Crippen LogP contribution is -2.29. The fourth-order valence-electron chi connectivity index (χ4n) is 2.18. The molecule has 23 heavy (non-hydrogen) atoms. The number of benzene rings is 1. The summed E-state index contributed by atoms with van der Waals surface area (Å²) in [5.74, 6) is -1.17. The molecule has 2 aromatic rings. The zero-order chi connectivity index (χ0) is 16.8. The zero-order valence-corrected chi connectivity index (χ0v) is 13.2. The Morgan fingerprint density at radius 3 is 2.61 bits per heavy atom. The fraction of sp³-hybridized carbons (Fsp3) is 0.353. The molecule has 1 heterocycles. The second kappa shape index (κ2) is 7.58. The van der Waals surface area contributed by atoms with Crippen LogP contribution >= 0.6 is 0 Å². The summed E-state index contributed by atoms with van der Waals surface area (Å²) in [6, 6.07) is 9.96. The summed E-state index contributed by atoms with van der Waals surface area (Å²) in [5.41, 5.74) is 1.44. The minimum Gasteiger partial charge on any atom is -0.481 e. The first-order chi connectivity index (χ1) is 11.0. The zero-order valence-electron chi connectivity index (χ0n) is 13.2. The molecule has 1 aromatic heterocycles. The molecule has 0 saturated carbocycles. The molecule has 1 amide bonds. The molecule has 0 radical (unpaired) electrons. The van der Waals surface area contributed by atoms with E-state index in [1.165, 1.54) is 0 Å². The quantitative estimate of drug-likeness (QED) is 0.818. The summed E-state index contributed by atoms with van der Waals surface area (Å²) in [7, 11) is 0. The molecule has 0 bridgehead atoms. The number of nitrogens with zero attached hydrogens (tertiary/aromatic N) is 1. The lowest BCUT2D eigenvalue weighted by molar-refractivity contribution is -0.137. The molecule has 2 N–H and O–H groups in total. The van der Waals surface area contributed by atoms with E-state index >= 15 is 0 Å². The lowest BCUT2D eigenvalue weighted by atomic mass is 10.0. The Labute approximate surface area is 134 Å². The lowest BCUT2D eigenvalue weighted by Gasteiger charge is -2.16. The van der Waals surface area contributed by atoms with E-state index in [0.29, 0.717) is 5.69 Å². The topological polar surface area (TPSA) is 92.4 Å². The van der Waals surface area contributed by atoms with Gasteiger partial charge in [-0.2, -0.15) is 0 Å².